The van der Waals surface area contributed by atoms with Gasteiger partial charge in [-0.15, -0.1) is 0 Å². The van der Waals surface area contributed by atoms with Crippen molar-refractivity contribution in [1.29, 1.82) is 0 Å². The number of hydrogen-bond donors (Lipinski definition) is 3. The van der Waals surface area contributed by atoms with Gasteiger partial charge in [0, 0.05) is 22.2 Å². The average molecular weight is 547 g/mol. The number of thiocarbonyl (C=S) groups is 1. The number of hydrogen-bond acceptors (Lipinski definition) is 4. The van der Waals surface area contributed by atoms with Gasteiger partial charge in [0.05, 0.1) is 21.7 Å². The van der Waals surface area contributed by atoms with Gasteiger partial charge < -0.3 is 14.7 Å². The molecular formula is C28H20Cl2N4O2S. The first-order valence-corrected chi connectivity index (χ1v) is 12.4. The van der Waals surface area contributed by atoms with Crippen LogP contribution in [0.15, 0.2) is 83.3 Å². The first kappa shape index (κ1) is 24.8. The van der Waals surface area contributed by atoms with E-state index in [1.807, 2.05) is 67.6 Å². The smallest absolute Gasteiger partial charge is 0.250 e. The number of carbonyl (C=O) groups is 1. The number of fused-ring (bicyclic) bond motifs is 1. The van der Waals surface area contributed by atoms with Gasteiger partial charge in [0.15, 0.2) is 5.11 Å². The zero-order valence-corrected chi connectivity index (χ0v) is 21.8. The van der Waals surface area contributed by atoms with Crippen molar-refractivity contribution in [3.63, 3.8) is 0 Å². The first-order chi connectivity index (χ1) is 17.9. The molecule has 0 saturated carbocycles. The molecule has 0 unspecified atom stereocenters. The number of aryl methyl sites for hydroxylation is 1. The maximum atomic E-state index is 12.4. The van der Waals surface area contributed by atoms with Crippen molar-refractivity contribution in [1.82, 2.24) is 15.3 Å². The largest absolute Gasteiger partial charge is 0.457 e. The quantitative estimate of drug-likeness (QED) is 0.156. The number of anilines is 1. The van der Waals surface area contributed by atoms with E-state index in [1.165, 1.54) is 6.08 Å². The number of nitrogens with one attached hydrogen (secondary N) is 3. The van der Waals surface area contributed by atoms with Crippen molar-refractivity contribution in [2.75, 3.05) is 5.32 Å². The predicted octanol–water partition coefficient (Wildman–Crippen LogP) is 7.63. The second kappa shape index (κ2) is 10.6. The van der Waals surface area contributed by atoms with Gasteiger partial charge in [0.2, 0.25) is 5.91 Å². The van der Waals surface area contributed by atoms with Crippen LogP contribution in [0.2, 0.25) is 10.0 Å². The highest BCUT2D eigenvalue weighted by molar-refractivity contribution is 7.80. The lowest BCUT2D eigenvalue weighted by Gasteiger charge is -2.11. The van der Waals surface area contributed by atoms with Crippen LogP contribution < -0.4 is 10.6 Å². The van der Waals surface area contributed by atoms with Crippen LogP contribution in [0.25, 0.3) is 39.8 Å². The molecule has 184 valence electrons. The topological polar surface area (TPSA) is 83.0 Å². The van der Waals surface area contributed by atoms with Crippen molar-refractivity contribution in [3.8, 4) is 22.7 Å². The molecule has 2 heterocycles. The van der Waals surface area contributed by atoms with E-state index >= 15 is 0 Å². The van der Waals surface area contributed by atoms with Crippen molar-refractivity contribution in [3.05, 3.63) is 100 Å². The Hall–Kier alpha value is -3.91. The molecule has 0 bridgehead atoms. The molecule has 5 rings (SSSR count). The van der Waals surface area contributed by atoms with Crippen molar-refractivity contribution >= 4 is 69.2 Å². The minimum atomic E-state index is -0.418. The van der Waals surface area contributed by atoms with Gasteiger partial charge in [-0.25, -0.2) is 4.98 Å². The lowest BCUT2D eigenvalue weighted by molar-refractivity contribution is -0.115. The molecule has 0 aliphatic carbocycles. The van der Waals surface area contributed by atoms with Crippen LogP contribution in [0.3, 0.4) is 0 Å². The Morgan fingerprint density at radius 2 is 1.81 bits per heavy atom. The summed E-state index contributed by atoms with van der Waals surface area (Å²) in [5.41, 5.74) is 5.00. The number of H-pyrrole nitrogens is 1. The van der Waals surface area contributed by atoms with E-state index in [2.05, 4.69) is 20.6 Å². The first-order valence-electron chi connectivity index (χ1n) is 11.3. The molecule has 0 saturated heterocycles. The van der Waals surface area contributed by atoms with Crippen LogP contribution in [-0.2, 0) is 4.79 Å². The summed E-state index contributed by atoms with van der Waals surface area (Å²) in [4.78, 5) is 20.3. The number of aromatic nitrogens is 2. The fourth-order valence-corrected chi connectivity index (χ4v) is 4.22. The van der Waals surface area contributed by atoms with Crippen molar-refractivity contribution < 1.29 is 9.21 Å². The number of halogens is 2. The lowest BCUT2D eigenvalue weighted by atomic mass is 10.1. The Bertz CT molecular complexity index is 1640. The van der Waals surface area contributed by atoms with Gasteiger partial charge in [-0.3, -0.25) is 10.1 Å². The molecule has 0 fully saturated rings. The fraction of sp³-hybridized carbons (Fsp3) is 0.0357. The maximum Gasteiger partial charge on any atom is 0.250 e. The fourth-order valence-electron chi connectivity index (χ4n) is 3.67. The SMILES string of the molecule is Cc1ccc(-c2ccc(/C=C/C(=O)NC(=S)Nc3cc(-c4nc5ccccc5[nH]4)ccc3Cl)o2)cc1Cl. The Morgan fingerprint density at radius 1 is 1.00 bits per heavy atom. The number of nitrogens with zero attached hydrogens (tertiary/aromatic N) is 1. The minimum absolute atomic E-state index is 0.104. The van der Waals surface area contributed by atoms with E-state index in [0.29, 0.717) is 33.1 Å². The Morgan fingerprint density at radius 3 is 2.62 bits per heavy atom. The molecule has 3 N–H and O–H groups in total. The molecule has 0 atom stereocenters. The number of para-hydroxylation sites is 2. The summed E-state index contributed by atoms with van der Waals surface area (Å²) in [6.07, 6.45) is 2.90. The summed E-state index contributed by atoms with van der Waals surface area (Å²) in [6.45, 7) is 1.94. The monoisotopic (exact) mass is 546 g/mol. The molecule has 0 spiro atoms. The zero-order chi connectivity index (χ0) is 25.9. The van der Waals surface area contributed by atoms with Gasteiger partial charge in [0.25, 0.3) is 0 Å². The summed E-state index contributed by atoms with van der Waals surface area (Å²) >= 11 is 17.9. The third kappa shape index (κ3) is 5.75. The highest BCUT2D eigenvalue weighted by Crippen LogP contribution is 2.29. The number of aromatic amines is 1. The van der Waals surface area contributed by atoms with E-state index in [-0.39, 0.29) is 5.11 Å². The molecule has 6 nitrogen and oxygen atoms in total. The number of imidazole rings is 1. The predicted molar refractivity (Wildman–Crippen MR) is 154 cm³/mol. The molecule has 5 aromatic rings. The van der Waals surface area contributed by atoms with E-state index in [1.54, 1.807) is 18.2 Å². The molecule has 0 aliphatic rings. The summed E-state index contributed by atoms with van der Waals surface area (Å²) in [7, 11) is 0. The maximum absolute atomic E-state index is 12.4. The lowest BCUT2D eigenvalue weighted by Crippen LogP contribution is -2.32. The Balaban J connectivity index is 1.23. The molecule has 1 amide bonds. The standard InChI is InChI=1S/C28H20Cl2N4O2S/c1-16-6-7-17(14-21(16)30)25-12-9-19(36-25)10-13-26(35)34-28(37)33-24-15-18(8-11-20(24)29)27-31-22-4-2-3-5-23(22)32-27/h2-15H,1H3,(H,31,32)(H2,33,34,35,37)/b13-10+. The summed E-state index contributed by atoms with van der Waals surface area (Å²) in [5.74, 6) is 1.45. The highest BCUT2D eigenvalue weighted by Gasteiger charge is 2.11. The molecule has 2 aromatic heterocycles. The molecule has 0 aliphatic heterocycles. The van der Waals surface area contributed by atoms with E-state index < -0.39 is 5.91 Å². The van der Waals surface area contributed by atoms with Crippen LogP contribution in [0.4, 0.5) is 5.69 Å². The minimum Gasteiger partial charge on any atom is -0.457 e. The van der Waals surface area contributed by atoms with E-state index in [0.717, 1.165) is 27.7 Å². The third-order valence-corrected chi connectivity index (χ3v) is 6.54. The van der Waals surface area contributed by atoms with Gasteiger partial charge in [0.1, 0.15) is 17.3 Å². The molecule has 37 heavy (non-hydrogen) atoms. The normalized spacial score (nSPS) is 11.2. The highest BCUT2D eigenvalue weighted by atomic mass is 35.5. The van der Waals surface area contributed by atoms with Gasteiger partial charge in [-0.2, -0.15) is 0 Å². The van der Waals surface area contributed by atoms with Gasteiger partial charge in [-0.1, -0.05) is 47.5 Å². The van der Waals surface area contributed by atoms with Crippen LogP contribution in [0.1, 0.15) is 11.3 Å². The van der Waals surface area contributed by atoms with Crippen LogP contribution in [0, 0.1) is 6.92 Å². The van der Waals surface area contributed by atoms with E-state index in [9.17, 15) is 4.79 Å². The number of carbonyl (C=O) groups excluding carboxylic acids is 1. The average Bonchev–Trinajstić information content (AvgIpc) is 3.53. The number of furan rings is 1. The van der Waals surface area contributed by atoms with Gasteiger partial charge >= 0.3 is 0 Å². The molecular weight excluding hydrogens is 527 g/mol. The molecule has 9 heteroatoms. The molecule has 0 radical (unpaired) electrons. The number of benzene rings is 3. The second-order valence-corrected chi connectivity index (χ2v) is 9.46. The number of rotatable bonds is 5. The Labute approximate surface area is 228 Å². The van der Waals surface area contributed by atoms with Crippen LogP contribution in [0.5, 0.6) is 0 Å². The summed E-state index contributed by atoms with van der Waals surface area (Å²) in [6, 6.07) is 22.5. The summed E-state index contributed by atoms with van der Waals surface area (Å²) < 4.78 is 5.81. The van der Waals surface area contributed by atoms with Crippen molar-refractivity contribution in [2.24, 2.45) is 0 Å². The van der Waals surface area contributed by atoms with E-state index in [4.69, 9.17) is 39.8 Å². The van der Waals surface area contributed by atoms with Gasteiger partial charge in [-0.05, 0) is 79.3 Å². The summed E-state index contributed by atoms with van der Waals surface area (Å²) in [5, 5.41) is 6.80. The number of amides is 1. The zero-order valence-electron chi connectivity index (χ0n) is 19.5. The van der Waals surface area contributed by atoms with Crippen molar-refractivity contribution in [2.45, 2.75) is 6.92 Å². The molecule has 3 aromatic carbocycles. The van der Waals surface area contributed by atoms with Crippen LogP contribution >= 0.6 is 35.4 Å². The van der Waals surface area contributed by atoms with Crippen LogP contribution in [-0.4, -0.2) is 21.0 Å². The second-order valence-electron chi connectivity index (χ2n) is 8.24. The third-order valence-electron chi connectivity index (χ3n) is 5.60. The Kier molecular flexibility index (Phi) is 7.10.